The minimum absolute atomic E-state index is 0.0126. The zero-order valence-corrected chi connectivity index (χ0v) is 18.9. The van der Waals surface area contributed by atoms with Gasteiger partial charge in [-0.3, -0.25) is 14.6 Å². The van der Waals surface area contributed by atoms with E-state index in [-0.39, 0.29) is 11.8 Å². The maximum absolute atomic E-state index is 12.3. The summed E-state index contributed by atoms with van der Waals surface area (Å²) in [5.74, 6) is 1.55. The van der Waals surface area contributed by atoms with Crippen LogP contribution < -0.4 is 10.6 Å². The van der Waals surface area contributed by atoms with E-state index in [0.717, 1.165) is 17.5 Å². The Labute approximate surface area is 188 Å². The van der Waals surface area contributed by atoms with Crippen LogP contribution in [0.3, 0.4) is 0 Å². The number of pyridine rings is 1. The summed E-state index contributed by atoms with van der Waals surface area (Å²) in [5.41, 5.74) is 3.16. The van der Waals surface area contributed by atoms with E-state index in [1.807, 2.05) is 43.3 Å². The molecule has 0 saturated carbocycles. The third-order valence-corrected chi connectivity index (χ3v) is 5.05. The van der Waals surface area contributed by atoms with Gasteiger partial charge >= 0.3 is 0 Å². The van der Waals surface area contributed by atoms with Gasteiger partial charge in [0.05, 0.1) is 6.54 Å². The van der Waals surface area contributed by atoms with Gasteiger partial charge in [0, 0.05) is 36.5 Å². The first kappa shape index (κ1) is 23.2. The zero-order chi connectivity index (χ0) is 22.9. The van der Waals surface area contributed by atoms with E-state index in [1.54, 1.807) is 12.4 Å². The topological polar surface area (TPSA) is 97.1 Å². The summed E-state index contributed by atoms with van der Waals surface area (Å²) in [5, 5.41) is 5.82. The van der Waals surface area contributed by atoms with Crippen molar-refractivity contribution in [3.8, 4) is 11.5 Å². The maximum atomic E-state index is 12.3. The summed E-state index contributed by atoms with van der Waals surface area (Å²) < 4.78 is 5.81. The third-order valence-electron chi connectivity index (χ3n) is 5.05. The van der Waals surface area contributed by atoms with Crippen LogP contribution in [0.15, 0.2) is 53.2 Å². The maximum Gasteiger partial charge on any atom is 0.226 e. The van der Waals surface area contributed by atoms with Crippen LogP contribution in [-0.4, -0.2) is 21.8 Å². The number of carbonyl (C=O) groups is 2. The highest BCUT2D eigenvalue weighted by Gasteiger charge is 2.14. The summed E-state index contributed by atoms with van der Waals surface area (Å²) in [4.78, 5) is 32.9. The number of aryl methyl sites for hydroxylation is 2. The van der Waals surface area contributed by atoms with Crippen molar-refractivity contribution in [2.45, 2.75) is 53.0 Å². The highest BCUT2D eigenvalue weighted by Crippen LogP contribution is 2.24. The number of hydrogen-bond acceptors (Lipinski definition) is 5. The number of oxazole rings is 1. The lowest BCUT2D eigenvalue weighted by Gasteiger charge is -2.06. The molecule has 2 N–H and O–H groups in total. The Balaban J connectivity index is 1.58. The van der Waals surface area contributed by atoms with E-state index in [0.29, 0.717) is 54.8 Å². The van der Waals surface area contributed by atoms with E-state index in [9.17, 15) is 9.59 Å². The predicted molar refractivity (Wildman–Crippen MR) is 124 cm³/mol. The molecule has 7 heteroatoms. The molecule has 0 saturated heterocycles. The third kappa shape index (κ3) is 7.04. The smallest absolute Gasteiger partial charge is 0.226 e. The highest BCUT2D eigenvalue weighted by molar-refractivity contribution is 5.91. The number of aromatic nitrogens is 2. The van der Waals surface area contributed by atoms with Crippen molar-refractivity contribution in [3.63, 3.8) is 0 Å². The van der Waals surface area contributed by atoms with E-state index < -0.39 is 0 Å². The molecule has 0 atom stereocenters. The summed E-state index contributed by atoms with van der Waals surface area (Å²) in [6.45, 7) is 6.35. The Morgan fingerprint density at radius 1 is 1.09 bits per heavy atom. The summed E-state index contributed by atoms with van der Waals surface area (Å²) in [6.07, 6.45) is 5.84. The normalized spacial score (nSPS) is 10.9. The molecule has 0 bridgehead atoms. The Bertz CT molecular complexity index is 1040. The molecule has 0 spiro atoms. The minimum Gasteiger partial charge on any atom is -0.441 e. The average molecular weight is 435 g/mol. The van der Waals surface area contributed by atoms with Crippen LogP contribution in [0.4, 0.5) is 5.69 Å². The Morgan fingerprint density at radius 2 is 1.94 bits per heavy atom. The van der Waals surface area contributed by atoms with Crippen LogP contribution in [0.5, 0.6) is 0 Å². The summed E-state index contributed by atoms with van der Waals surface area (Å²) in [7, 11) is 0. The van der Waals surface area contributed by atoms with Crippen molar-refractivity contribution in [2.24, 2.45) is 5.92 Å². The van der Waals surface area contributed by atoms with Crippen molar-refractivity contribution < 1.29 is 14.0 Å². The molecule has 2 amide bonds. The second kappa shape index (κ2) is 11.2. The van der Waals surface area contributed by atoms with Gasteiger partial charge in [-0.1, -0.05) is 26.0 Å². The number of rotatable bonds is 10. The molecule has 0 aliphatic rings. The first-order chi connectivity index (χ1) is 15.4. The van der Waals surface area contributed by atoms with Gasteiger partial charge in [0.1, 0.15) is 11.5 Å². The van der Waals surface area contributed by atoms with E-state index in [1.165, 1.54) is 0 Å². The van der Waals surface area contributed by atoms with Gasteiger partial charge in [0.25, 0.3) is 0 Å². The van der Waals surface area contributed by atoms with E-state index in [4.69, 9.17) is 4.42 Å². The van der Waals surface area contributed by atoms with Crippen molar-refractivity contribution in [2.75, 3.05) is 5.32 Å². The van der Waals surface area contributed by atoms with Gasteiger partial charge in [-0.05, 0) is 55.5 Å². The van der Waals surface area contributed by atoms with Gasteiger partial charge in [-0.25, -0.2) is 4.98 Å². The molecule has 0 unspecified atom stereocenters. The van der Waals surface area contributed by atoms with Crippen molar-refractivity contribution >= 4 is 17.5 Å². The molecule has 2 aromatic heterocycles. The van der Waals surface area contributed by atoms with E-state index in [2.05, 4.69) is 34.4 Å². The number of anilines is 1. The monoisotopic (exact) mass is 434 g/mol. The predicted octanol–water partition coefficient (Wildman–Crippen LogP) is 4.67. The molecule has 1 aromatic carbocycles. The lowest BCUT2D eigenvalue weighted by atomic mass is 10.1. The molecule has 0 aliphatic heterocycles. The number of amides is 2. The van der Waals surface area contributed by atoms with Crippen molar-refractivity contribution in [1.82, 2.24) is 15.3 Å². The van der Waals surface area contributed by atoms with Crippen LogP contribution in [-0.2, 0) is 22.6 Å². The average Bonchev–Trinajstić information content (AvgIpc) is 3.16. The standard InChI is InChI=1S/C25H30N4O3/c1-17(2)9-11-23(30)27-16-22-18(3)32-25(29-22)20-7-4-8-21(14-20)28-24(31)12-10-19-6-5-13-26-15-19/h4-8,13-15,17H,9-12,16H2,1-3H3,(H,27,30)(H,28,31). The zero-order valence-electron chi connectivity index (χ0n) is 18.9. The summed E-state index contributed by atoms with van der Waals surface area (Å²) in [6, 6.07) is 11.2. The quantitative estimate of drug-likeness (QED) is 0.483. The number of carbonyl (C=O) groups excluding carboxylic acids is 2. The minimum atomic E-state index is -0.0700. The molecule has 2 heterocycles. The lowest BCUT2D eigenvalue weighted by Crippen LogP contribution is -2.23. The number of benzene rings is 1. The molecule has 0 aliphatic carbocycles. The molecule has 32 heavy (non-hydrogen) atoms. The van der Waals surface area contributed by atoms with Crippen LogP contribution in [0, 0.1) is 12.8 Å². The van der Waals surface area contributed by atoms with Crippen molar-refractivity contribution in [1.29, 1.82) is 0 Å². The summed E-state index contributed by atoms with van der Waals surface area (Å²) >= 11 is 0. The lowest BCUT2D eigenvalue weighted by molar-refractivity contribution is -0.121. The molecule has 3 rings (SSSR count). The Kier molecular flexibility index (Phi) is 8.14. The highest BCUT2D eigenvalue weighted by atomic mass is 16.4. The fourth-order valence-electron chi connectivity index (χ4n) is 3.16. The van der Waals surface area contributed by atoms with E-state index >= 15 is 0 Å². The van der Waals surface area contributed by atoms with Crippen LogP contribution in [0.2, 0.25) is 0 Å². The Hall–Kier alpha value is -3.48. The molecular weight excluding hydrogens is 404 g/mol. The first-order valence-corrected chi connectivity index (χ1v) is 10.9. The number of nitrogens with zero attached hydrogens (tertiary/aromatic N) is 2. The van der Waals surface area contributed by atoms with Gasteiger partial charge in [-0.15, -0.1) is 0 Å². The number of nitrogens with one attached hydrogen (secondary N) is 2. The molecule has 3 aromatic rings. The van der Waals surface area contributed by atoms with Gasteiger partial charge in [0.2, 0.25) is 17.7 Å². The Morgan fingerprint density at radius 3 is 2.69 bits per heavy atom. The first-order valence-electron chi connectivity index (χ1n) is 10.9. The van der Waals surface area contributed by atoms with Gasteiger partial charge < -0.3 is 15.1 Å². The number of hydrogen-bond donors (Lipinski definition) is 2. The molecule has 0 radical (unpaired) electrons. The molecular formula is C25H30N4O3. The second-order valence-electron chi connectivity index (χ2n) is 8.22. The van der Waals surface area contributed by atoms with Crippen LogP contribution >= 0.6 is 0 Å². The van der Waals surface area contributed by atoms with Crippen LogP contribution in [0.25, 0.3) is 11.5 Å². The van der Waals surface area contributed by atoms with Gasteiger partial charge in [0.15, 0.2) is 0 Å². The molecule has 168 valence electrons. The largest absolute Gasteiger partial charge is 0.441 e. The SMILES string of the molecule is Cc1oc(-c2cccc(NC(=O)CCc3cccnc3)c2)nc1CNC(=O)CCC(C)C. The fourth-order valence-corrected chi connectivity index (χ4v) is 3.16. The van der Waals surface area contributed by atoms with Gasteiger partial charge in [-0.2, -0.15) is 0 Å². The van der Waals surface area contributed by atoms with Crippen molar-refractivity contribution in [3.05, 3.63) is 65.8 Å². The fraction of sp³-hybridized carbons (Fsp3) is 0.360. The second-order valence-corrected chi connectivity index (χ2v) is 8.22. The molecule has 0 fully saturated rings. The molecule has 7 nitrogen and oxygen atoms in total. The van der Waals surface area contributed by atoms with Crippen LogP contribution in [0.1, 0.15) is 50.1 Å².